The number of amides is 3. The maximum absolute atomic E-state index is 12.2. The van der Waals surface area contributed by atoms with Gasteiger partial charge in [-0.2, -0.15) is 0 Å². The van der Waals surface area contributed by atoms with Crippen LogP contribution >= 0.6 is 0 Å². The molecule has 1 heterocycles. The van der Waals surface area contributed by atoms with Crippen molar-refractivity contribution in [1.29, 1.82) is 0 Å². The second kappa shape index (κ2) is 5.20. The molecule has 20 heavy (non-hydrogen) atoms. The van der Waals surface area contributed by atoms with Crippen molar-refractivity contribution in [1.82, 2.24) is 5.32 Å². The van der Waals surface area contributed by atoms with Crippen LogP contribution in [0.25, 0.3) is 0 Å². The summed E-state index contributed by atoms with van der Waals surface area (Å²) < 4.78 is 0. The van der Waals surface area contributed by atoms with Crippen molar-refractivity contribution in [2.24, 2.45) is 17.4 Å². The smallest absolute Gasteiger partial charge is 0.255 e. The molecule has 1 unspecified atom stereocenters. The van der Waals surface area contributed by atoms with E-state index in [-0.39, 0.29) is 5.91 Å². The predicted molar refractivity (Wildman–Crippen MR) is 72.6 cm³/mol. The topological polar surface area (TPSA) is 127 Å². The summed E-state index contributed by atoms with van der Waals surface area (Å²) in [5, 5.41) is 5.49. The lowest BCUT2D eigenvalue weighted by Gasteiger charge is -2.31. The van der Waals surface area contributed by atoms with Crippen LogP contribution in [0, 0.1) is 5.92 Å². The number of fused-ring (bicyclic) bond motifs is 1. The fraction of sp³-hybridized carbons (Fsp3) is 0.308. The van der Waals surface area contributed by atoms with Crippen molar-refractivity contribution in [3.05, 3.63) is 29.3 Å². The molecule has 1 atom stereocenters. The summed E-state index contributed by atoms with van der Waals surface area (Å²) >= 11 is 0. The minimum atomic E-state index is -1.31. The Hall–Kier alpha value is -2.57. The van der Waals surface area contributed by atoms with Gasteiger partial charge in [0.05, 0.1) is 5.56 Å². The van der Waals surface area contributed by atoms with Gasteiger partial charge >= 0.3 is 0 Å². The van der Waals surface area contributed by atoms with Crippen LogP contribution in [-0.4, -0.2) is 23.9 Å². The van der Waals surface area contributed by atoms with Gasteiger partial charge in [-0.3, -0.25) is 14.4 Å². The van der Waals surface area contributed by atoms with Crippen LogP contribution in [0.4, 0.5) is 5.69 Å². The summed E-state index contributed by atoms with van der Waals surface area (Å²) in [6, 6.07) is 5.35. The highest BCUT2D eigenvalue weighted by atomic mass is 16.2. The molecule has 7 nitrogen and oxygen atoms in total. The summed E-state index contributed by atoms with van der Waals surface area (Å²) in [4.78, 5) is 34.8. The number of carbonyl (C=O) groups excluding carboxylic acids is 3. The number of hydrogen-bond donors (Lipinski definition) is 4. The van der Waals surface area contributed by atoms with Crippen LogP contribution in [0.2, 0.25) is 0 Å². The summed E-state index contributed by atoms with van der Waals surface area (Å²) in [5.41, 5.74) is 12.3. The first-order valence-electron chi connectivity index (χ1n) is 6.23. The lowest BCUT2D eigenvalue weighted by atomic mass is 9.96. The standard InChI is InChI=1S/C13H16N4O3/c1-2-6-4-3-5-7-8(6)13(20)17-12(16-7)9(10(14)18)11(15)19/h3-5,9,12,16H,2H2,1H3,(H2,14,18)(H2,15,19)(H,17,20). The molecule has 2 rings (SSSR count). The second-order valence-corrected chi connectivity index (χ2v) is 4.57. The van der Waals surface area contributed by atoms with Crippen molar-refractivity contribution < 1.29 is 14.4 Å². The molecular weight excluding hydrogens is 260 g/mol. The summed E-state index contributed by atoms with van der Waals surface area (Å²) in [7, 11) is 0. The largest absolute Gasteiger partial charge is 0.369 e. The Morgan fingerprint density at radius 2 is 1.90 bits per heavy atom. The molecule has 0 aliphatic carbocycles. The fourth-order valence-electron chi connectivity index (χ4n) is 2.34. The van der Waals surface area contributed by atoms with Crippen LogP contribution < -0.4 is 22.1 Å². The number of anilines is 1. The molecule has 1 aliphatic heterocycles. The van der Waals surface area contributed by atoms with E-state index in [4.69, 9.17) is 11.5 Å². The number of hydrogen-bond acceptors (Lipinski definition) is 4. The van der Waals surface area contributed by atoms with Gasteiger partial charge in [-0.15, -0.1) is 0 Å². The zero-order valence-corrected chi connectivity index (χ0v) is 11.0. The Kier molecular flexibility index (Phi) is 3.60. The molecule has 0 radical (unpaired) electrons. The van der Waals surface area contributed by atoms with E-state index in [1.54, 1.807) is 12.1 Å². The quantitative estimate of drug-likeness (QED) is 0.543. The van der Waals surface area contributed by atoms with E-state index in [0.29, 0.717) is 17.7 Å². The van der Waals surface area contributed by atoms with Gasteiger partial charge in [-0.25, -0.2) is 0 Å². The maximum Gasteiger partial charge on any atom is 0.255 e. The van der Waals surface area contributed by atoms with Crippen molar-refractivity contribution in [3.63, 3.8) is 0 Å². The normalized spacial score (nSPS) is 17.1. The predicted octanol–water partition coefficient (Wildman–Crippen LogP) is -0.683. The molecule has 0 aromatic heterocycles. The van der Waals surface area contributed by atoms with Gasteiger partial charge in [0.25, 0.3) is 5.91 Å². The highest BCUT2D eigenvalue weighted by molar-refractivity contribution is 6.06. The molecule has 1 aliphatic rings. The lowest BCUT2D eigenvalue weighted by Crippen LogP contribution is -2.57. The lowest BCUT2D eigenvalue weighted by molar-refractivity contribution is -0.132. The van der Waals surface area contributed by atoms with Gasteiger partial charge in [0.15, 0.2) is 5.92 Å². The third kappa shape index (κ3) is 2.29. The number of nitrogens with two attached hydrogens (primary N) is 2. The number of carbonyl (C=O) groups is 3. The van der Waals surface area contributed by atoms with Crippen LogP contribution in [0.15, 0.2) is 18.2 Å². The Bertz CT molecular complexity index is 571. The monoisotopic (exact) mass is 276 g/mol. The number of rotatable bonds is 4. The molecule has 7 heteroatoms. The SMILES string of the molecule is CCc1cccc2c1C(=O)NC(C(C(N)=O)C(N)=O)N2. The van der Waals surface area contributed by atoms with E-state index in [0.717, 1.165) is 5.56 Å². The van der Waals surface area contributed by atoms with Crippen LogP contribution in [0.5, 0.6) is 0 Å². The highest BCUT2D eigenvalue weighted by Gasteiger charge is 2.37. The third-order valence-electron chi connectivity index (χ3n) is 3.30. The minimum absolute atomic E-state index is 0.353. The Morgan fingerprint density at radius 3 is 2.45 bits per heavy atom. The number of nitrogens with one attached hydrogen (secondary N) is 2. The molecule has 0 saturated heterocycles. The average molecular weight is 276 g/mol. The Morgan fingerprint density at radius 1 is 1.25 bits per heavy atom. The number of benzene rings is 1. The zero-order valence-electron chi connectivity index (χ0n) is 11.0. The summed E-state index contributed by atoms with van der Waals surface area (Å²) in [6.45, 7) is 1.94. The van der Waals surface area contributed by atoms with Gasteiger partial charge in [0.1, 0.15) is 6.17 Å². The molecule has 0 bridgehead atoms. The first-order chi connectivity index (χ1) is 9.45. The molecule has 106 valence electrons. The fourth-order valence-corrected chi connectivity index (χ4v) is 2.34. The van der Waals surface area contributed by atoms with Crippen LogP contribution in [-0.2, 0) is 16.0 Å². The van der Waals surface area contributed by atoms with Crippen molar-refractivity contribution >= 4 is 23.4 Å². The molecule has 1 aromatic carbocycles. The zero-order chi connectivity index (χ0) is 14.9. The third-order valence-corrected chi connectivity index (χ3v) is 3.30. The Balaban J connectivity index is 2.39. The Labute approximate surface area is 115 Å². The number of aryl methyl sites for hydroxylation is 1. The molecule has 0 saturated carbocycles. The van der Waals surface area contributed by atoms with Crippen molar-refractivity contribution in [2.75, 3.05) is 5.32 Å². The molecule has 0 fully saturated rings. The van der Waals surface area contributed by atoms with E-state index < -0.39 is 23.9 Å². The van der Waals surface area contributed by atoms with Gasteiger partial charge in [0.2, 0.25) is 11.8 Å². The first-order valence-corrected chi connectivity index (χ1v) is 6.23. The van der Waals surface area contributed by atoms with E-state index in [2.05, 4.69) is 10.6 Å². The van der Waals surface area contributed by atoms with Crippen LogP contribution in [0.1, 0.15) is 22.8 Å². The first kappa shape index (κ1) is 13.9. The molecule has 0 spiro atoms. The van der Waals surface area contributed by atoms with Gasteiger partial charge in [0, 0.05) is 5.69 Å². The van der Waals surface area contributed by atoms with Crippen molar-refractivity contribution in [2.45, 2.75) is 19.5 Å². The summed E-state index contributed by atoms with van der Waals surface area (Å²) in [5.74, 6) is -3.43. The van der Waals surface area contributed by atoms with Gasteiger partial charge in [-0.1, -0.05) is 19.1 Å². The highest BCUT2D eigenvalue weighted by Crippen LogP contribution is 2.26. The second-order valence-electron chi connectivity index (χ2n) is 4.57. The van der Waals surface area contributed by atoms with E-state index in [9.17, 15) is 14.4 Å². The minimum Gasteiger partial charge on any atom is -0.369 e. The van der Waals surface area contributed by atoms with E-state index in [1.807, 2.05) is 13.0 Å². The van der Waals surface area contributed by atoms with Crippen LogP contribution in [0.3, 0.4) is 0 Å². The van der Waals surface area contributed by atoms with Gasteiger partial charge in [-0.05, 0) is 18.1 Å². The number of primary amides is 2. The summed E-state index contributed by atoms with van der Waals surface area (Å²) in [6.07, 6.45) is -0.241. The maximum atomic E-state index is 12.2. The van der Waals surface area contributed by atoms with Crippen molar-refractivity contribution in [3.8, 4) is 0 Å². The molecule has 1 aromatic rings. The average Bonchev–Trinajstić information content (AvgIpc) is 2.36. The molecule has 3 amide bonds. The molecule has 6 N–H and O–H groups in total. The van der Waals surface area contributed by atoms with E-state index in [1.165, 1.54) is 0 Å². The van der Waals surface area contributed by atoms with Gasteiger partial charge < -0.3 is 22.1 Å². The molecular formula is C13H16N4O3. The van der Waals surface area contributed by atoms with E-state index >= 15 is 0 Å².